The van der Waals surface area contributed by atoms with Crippen molar-refractivity contribution in [3.05, 3.63) is 6.33 Å². The minimum Gasteiger partial charge on any atom is -0.365 e. The number of anilines is 2. The second-order valence-electron chi connectivity index (χ2n) is 3.95. The number of hydrogen-bond acceptors (Lipinski definition) is 6. The number of rotatable bonds is 6. The Morgan fingerprint density at radius 1 is 1.44 bits per heavy atom. The molecule has 3 N–H and O–H groups in total. The van der Waals surface area contributed by atoms with Crippen molar-refractivity contribution in [3.63, 3.8) is 0 Å². The molecule has 2 rings (SSSR count). The first-order valence-corrected chi connectivity index (χ1v) is 7.32. The van der Waals surface area contributed by atoms with Crippen molar-refractivity contribution in [2.75, 3.05) is 29.7 Å². The van der Waals surface area contributed by atoms with E-state index in [4.69, 9.17) is 0 Å². The molecule has 0 fully saturated rings. The van der Waals surface area contributed by atoms with Gasteiger partial charge in [0.15, 0.2) is 11.5 Å². The predicted octanol–water partition coefficient (Wildman–Crippen LogP) is 1.95. The zero-order valence-electron chi connectivity index (χ0n) is 10.8. The van der Waals surface area contributed by atoms with Crippen LogP contribution in [-0.2, 0) is 0 Å². The average Bonchev–Trinajstić information content (AvgIpc) is 2.86. The number of nitrogens with zero attached hydrogens (tertiary/aromatic N) is 3. The summed E-state index contributed by atoms with van der Waals surface area (Å²) in [5.74, 6) is 2.43. The van der Waals surface area contributed by atoms with Crippen LogP contribution >= 0.6 is 11.8 Å². The molecule has 0 aliphatic carbocycles. The minimum atomic E-state index is 0.395. The fourth-order valence-electron chi connectivity index (χ4n) is 1.71. The number of hydrogen-bond donors (Lipinski definition) is 3. The number of aromatic nitrogens is 4. The van der Waals surface area contributed by atoms with Crippen molar-refractivity contribution in [2.24, 2.45) is 0 Å². The lowest BCUT2D eigenvalue weighted by Crippen LogP contribution is -2.22. The molecule has 0 amide bonds. The quantitative estimate of drug-likeness (QED) is 0.741. The smallest absolute Gasteiger partial charge is 0.226 e. The number of nitrogens with one attached hydrogen (secondary N) is 3. The Morgan fingerprint density at radius 2 is 2.28 bits per heavy atom. The highest BCUT2D eigenvalue weighted by Gasteiger charge is 2.12. The molecule has 0 saturated carbocycles. The summed E-state index contributed by atoms with van der Waals surface area (Å²) >= 11 is 1.82. The van der Waals surface area contributed by atoms with Crippen LogP contribution in [0.4, 0.5) is 11.8 Å². The summed E-state index contributed by atoms with van der Waals surface area (Å²) < 4.78 is 0. The summed E-state index contributed by atoms with van der Waals surface area (Å²) in [6.07, 6.45) is 4.80. The molecule has 0 radical (unpaired) electrons. The van der Waals surface area contributed by atoms with Crippen LogP contribution in [0.2, 0.25) is 0 Å². The molecule has 2 aromatic rings. The van der Waals surface area contributed by atoms with E-state index in [2.05, 4.69) is 43.7 Å². The van der Waals surface area contributed by atoms with Gasteiger partial charge in [-0.05, 0) is 12.7 Å². The van der Waals surface area contributed by atoms with Crippen molar-refractivity contribution in [1.82, 2.24) is 19.9 Å². The van der Waals surface area contributed by atoms with Gasteiger partial charge in [-0.2, -0.15) is 21.7 Å². The molecule has 0 aliphatic heterocycles. The summed E-state index contributed by atoms with van der Waals surface area (Å²) in [4.78, 5) is 16.0. The maximum Gasteiger partial charge on any atom is 0.226 e. The molecule has 0 bridgehead atoms. The molecule has 1 unspecified atom stereocenters. The number of thioether (sulfide) groups is 1. The Hall–Kier alpha value is -1.50. The van der Waals surface area contributed by atoms with Crippen LogP contribution in [0.1, 0.15) is 13.3 Å². The molecular formula is C11H18N6S. The van der Waals surface area contributed by atoms with Gasteiger partial charge in [-0.25, -0.2) is 4.98 Å². The highest BCUT2D eigenvalue weighted by molar-refractivity contribution is 7.98. The standard InChI is InChI=1S/C11H18N6S/c1-4-7(5-18-3)15-10-8-9(14-6-13-8)16-11(12-2)17-10/h6-7H,4-5H2,1-3H3,(H3,12,13,14,15,16,17). The number of imidazole rings is 1. The Balaban J connectivity index is 2.32. The summed E-state index contributed by atoms with van der Waals surface area (Å²) in [7, 11) is 1.80. The highest BCUT2D eigenvalue weighted by Crippen LogP contribution is 2.20. The van der Waals surface area contributed by atoms with Crippen molar-refractivity contribution < 1.29 is 0 Å². The van der Waals surface area contributed by atoms with E-state index in [9.17, 15) is 0 Å². The van der Waals surface area contributed by atoms with Gasteiger partial charge in [0.1, 0.15) is 5.52 Å². The number of H-pyrrole nitrogens is 1. The lowest BCUT2D eigenvalue weighted by molar-refractivity contribution is 0.771. The molecule has 2 heterocycles. The van der Waals surface area contributed by atoms with Gasteiger partial charge in [0.25, 0.3) is 0 Å². The second kappa shape index (κ2) is 5.90. The third-order valence-corrected chi connectivity index (χ3v) is 3.45. The summed E-state index contributed by atoms with van der Waals surface area (Å²) in [6.45, 7) is 2.16. The van der Waals surface area contributed by atoms with Gasteiger partial charge in [0, 0.05) is 18.8 Å². The van der Waals surface area contributed by atoms with Gasteiger partial charge in [-0.1, -0.05) is 6.92 Å². The van der Waals surface area contributed by atoms with Crippen LogP contribution in [0, 0.1) is 0 Å². The van der Waals surface area contributed by atoms with Crippen LogP contribution in [-0.4, -0.2) is 45.0 Å². The third kappa shape index (κ3) is 2.66. The SMILES string of the molecule is CCC(CSC)Nc1nc(NC)nc2nc[nH]c12. The zero-order chi connectivity index (χ0) is 13.0. The summed E-state index contributed by atoms with van der Waals surface area (Å²) in [5.41, 5.74) is 1.53. The van der Waals surface area contributed by atoms with E-state index in [0.29, 0.717) is 17.6 Å². The first-order chi connectivity index (χ1) is 8.78. The van der Waals surface area contributed by atoms with Gasteiger partial charge >= 0.3 is 0 Å². The maximum absolute atomic E-state index is 4.45. The van der Waals surface area contributed by atoms with E-state index in [1.54, 1.807) is 13.4 Å². The van der Waals surface area contributed by atoms with Crippen molar-refractivity contribution in [2.45, 2.75) is 19.4 Å². The molecule has 2 aromatic heterocycles. The lowest BCUT2D eigenvalue weighted by Gasteiger charge is -2.17. The van der Waals surface area contributed by atoms with E-state index in [0.717, 1.165) is 23.5 Å². The molecule has 1 atom stereocenters. The molecule has 0 aromatic carbocycles. The largest absolute Gasteiger partial charge is 0.365 e. The van der Waals surface area contributed by atoms with Crippen molar-refractivity contribution in [3.8, 4) is 0 Å². The lowest BCUT2D eigenvalue weighted by atomic mass is 10.2. The average molecular weight is 266 g/mol. The first-order valence-electron chi connectivity index (χ1n) is 5.92. The monoisotopic (exact) mass is 266 g/mol. The molecular weight excluding hydrogens is 248 g/mol. The maximum atomic E-state index is 4.45. The van der Waals surface area contributed by atoms with Crippen LogP contribution in [0.15, 0.2) is 6.33 Å². The highest BCUT2D eigenvalue weighted by atomic mass is 32.2. The Morgan fingerprint density at radius 3 is 2.94 bits per heavy atom. The Kier molecular flexibility index (Phi) is 4.24. The zero-order valence-corrected chi connectivity index (χ0v) is 11.6. The molecule has 6 nitrogen and oxygen atoms in total. The van der Waals surface area contributed by atoms with Gasteiger partial charge in [-0.15, -0.1) is 0 Å². The normalized spacial score (nSPS) is 12.6. The molecule has 7 heteroatoms. The molecule has 0 saturated heterocycles. The van der Waals surface area contributed by atoms with E-state index in [1.807, 2.05) is 11.8 Å². The van der Waals surface area contributed by atoms with Gasteiger partial charge in [0.2, 0.25) is 5.95 Å². The Bertz CT molecular complexity index is 511. The van der Waals surface area contributed by atoms with E-state index < -0.39 is 0 Å². The van der Waals surface area contributed by atoms with Crippen LogP contribution < -0.4 is 10.6 Å². The number of fused-ring (bicyclic) bond motifs is 1. The van der Waals surface area contributed by atoms with Gasteiger partial charge in [0.05, 0.1) is 6.33 Å². The predicted molar refractivity (Wildman–Crippen MR) is 77.3 cm³/mol. The fraction of sp³-hybridized carbons (Fsp3) is 0.545. The first kappa shape index (κ1) is 12.9. The second-order valence-corrected chi connectivity index (χ2v) is 4.86. The molecule has 98 valence electrons. The summed E-state index contributed by atoms with van der Waals surface area (Å²) in [5, 5.41) is 6.40. The van der Waals surface area contributed by atoms with Crippen LogP contribution in [0.25, 0.3) is 11.2 Å². The van der Waals surface area contributed by atoms with E-state index in [-0.39, 0.29) is 0 Å². The van der Waals surface area contributed by atoms with E-state index >= 15 is 0 Å². The minimum absolute atomic E-state index is 0.395. The third-order valence-electron chi connectivity index (χ3n) is 2.71. The molecule has 0 spiro atoms. The van der Waals surface area contributed by atoms with Gasteiger partial charge < -0.3 is 15.6 Å². The Labute approximate surface area is 110 Å². The molecule has 18 heavy (non-hydrogen) atoms. The van der Waals surface area contributed by atoms with Crippen LogP contribution in [0.3, 0.4) is 0 Å². The van der Waals surface area contributed by atoms with E-state index in [1.165, 1.54) is 0 Å². The topological polar surface area (TPSA) is 78.5 Å². The van der Waals surface area contributed by atoms with Crippen molar-refractivity contribution >= 4 is 34.7 Å². The number of aromatic amines is 1. The van der Waals surface area contributed by atoms with Crippen molar-refractivity contribution in [1.29, 1.82) is 0 Å². The fourth-order valence-corrected chi connectivity index (χ4v) is 2.43. The molecule has 0 aliphatic rings. The summed E-state index contributed by atoms with van der Waals surface area (Å²) in [6, 6.07) is 0.395. The van der Waals surface area contributed by atoms with Crippen LogP contribution in [0.5, 0.6) is 0 Å². The van der Waals surface area contributed by atoms with Gasteiger partial charge in [-0.3, -0.25) is 0 Å².